The van der Waals surface area contributed by atoms with Gasteiger partial charge in [-0.1, -0.05) is 100 Å². The molecule has 0 radical (unpaired) electrons. The molecule has 4 atom stereocenters. The predicted octanol–water partition coefficient (Wildman–Crippen LogP) is 7.18. The Hall–Kier alpha value is -4.62. The zero-order valence-corrected chi connectivity index (χ0v) is 39.4. The number of hydrogen-bond donors (Lipinski definition) is 3. The van der Waals surface area contributed by atoms with Crippen molar-refractivity contribution in [2.24, 2.45) is 23.2 Å². The second kappa shape index (κ2) is 26.4. The average molecular weight is 889 g/mol. The van der Waals surface area contributed by atoms with Crippen molar-refractivity contribution >= 4 is 35.4 Å². The fraction of sp³-hybridized carbons (Fsp3) is 0.647. The van der Waals surface area contributed by atoms with Crippen molar-refractivity contribution in [3.8, 4) is 0 Å². The van der Waals surface area contributed by atoms with Crippen LogP contribution in [0.3, 0.4) is 0 Å². The molecule has 2 aromatic rings. The molecule has 4 rings (SSSR count). The molecule has 2 aliphatic rings. The normalized spacial score (nSPS) is 16.7. The van der Waals surface area contributed by atoms with Gasteiger partial charge in [0.15, 0.2) is 11.6 Å². The van der Waals surface area contributed by atoms with E-state index in [2.05, 4.69) is 16.0 Å². The number of piperidine rings is 1. The van der Waals surface area contributed by atoms with E-state index >= 15 is 0 Å². The Morgan fingerprint density at radius 2 is 1.33 bits per heavy atom. The van der Waals surface area contributed by atoms with Gasteiger partial charge >= 0.3 is 6.09 Å². The van der Waals surface area contributed by atoms with Crippen LogP contribution in [0.25, 0.3) is 0 Å². The lowest BCUT2D eigenvalue weighted by atomic mass is 9.76. The molecule has 354 valence electrons. The van der Waals surface area contributed by atoms with Gasteiger partial charge in [0.25, 0.3) is 0 Å². The number of rotatable bonds is 27. The molecular formula is C51H76N4O9. The first-order valence-corrected chi connectivity index (χ1v) is 23.7. The van der Waals surface area contributed by atoms with Crippen LogP contribution in [-0.2, 0) is 51.0 Å². The van der Waals surface area contributed by atoms with Crippen molar-refractivity contribution in [3.63, 3.8) is 0 Å². The molecule has 4 amide bonds. The Balaban J connectivity index is 1.50. The van der Waals surface area contributed by atoms with Gasteiger partial charge in [-0.15, -0.1) is 0 Å². The van der Waals surface area contributed by atoms with E-state index in [0.29, 0.717) is 65.1 Å². The molecule has 2 saturated heterocycles. The highest BCUT2D eigenvalue weighted by atomic mass is 16.6. The molecule has 2 heterocycles. The molecule has 1 spiro atoms. The Morgan fingerprint density at radius 1 is 0.734 bits per heavy atom. The molecule has 3 N–H and O–H groups in total. The van der Waals surface area contributed by atoms with Gasteiger partial charge in [0.2, 0.25) is 17.7 Å². The standard InChI is InChI=1S/C51H76N4O9/c1-37(2)32-42(44(56)35-40(22-16-8-7-9-17-29-63-31-30-62-6)47(59)55-27-24-51(25-28-55)23-26-52-48(51)60)53-46(58)41(33-38-18-12-10-13-19-38)36-45(57)43(34-39-20-14-11-15-21-39)54-49(61)64-50(3,4)5/h10-15,18-21,37,40-43H,7-9,16-17,22-36H2,1-6H3,(H,52,60)(H,53,58)(H,54,61)/t40-,41-,42+,43+/m0/s1. The maximum atomic E-state index is 14.5. The van der Waals surface area contributed by atoms with Crippen LogP contribution in [0.2, 0.25) is 0 Å². The molecule has 13 heteroatoms. The summed E-state index contributed by atoms with van der Waals surface area (Å²) in [6.07, 6.45) is 6.99. The molecule has 2 fully saturated rings. The number of ketones is 2. The van der Waals surface area contributed by atoms with E-state index in [9.17, 15) is 28.8 Å². The zero-order chi connectivity index (χ0) is 46.5. The quantitative estimate of drug-likeness (QED) is 0.0787. The molecule has 0 aliphatic carbocycles. The van der Waals surface area contributed by atoms with Crippen molar-refractivity contribution in [1.29, 1.82) is 0 Å². The number of likely N-dealkylation sites (tertiary alicyclic amines) is 1. The Morgan fingerprint density at radius 3 is 1.92 bits per heavy atom. The van der Waals surface area contributed by atoms with Crippen LogP contribution in [0.4, 0.5) is 4.79 Å². The molecule has 13 nitrogen and oxygen atoms in total. The highest BCUT2D eigenvalue weighted by molar-refractivity contribution is 5.95. The van der Waals surface area contributed by atoms with E-state index in [0.717, 1.165) is 49.7 Å². The van der Waals surface area contributed by atoms with Crippen LogP contribution in [0.15, 0.2) is 60.7 Å². The summed E-state index contributed by atoms with van der Waals surface area (Å²) in [5.41, 5.74) is 0.479. The number of alkyl carbamates (subject to hydrolysis) is 1. The van der Waals surface area contributed by atoms with Crippen molar-refractivity contribution in [3.05, 3.63) is 71.8 Å². The summed E-state index contributed by atoms with van der Waals surface area (Å²) in [4.78, 5) is 85.2. The van der Waals surface area contributed by atoms with Crippen LogP contribution < -0.4 is 16.0 Å². The minimum absolute atomic E-state index is 0.0206. The molecule has 0 unspecified atom stereocenters. The van der Waals surface area contributed by atoms with Gasteiger partial charge in [-0.3, -0.25) is 24.0 Å². The summed E-state index contributed by atoms with van der Waals surface area (Å²) >= 11 is 0. The van der Waals surface area contributed by atoms with Gasteiger partial charge < -0.3 is 35.1 Å². The van der Waals surface area contributed by atoms with Crippen LogP contribution in [0.5, 0.6) is 0 Å². The Kier molecular flexibility index (Phi) is 21.4. The molecular weight excluding hydrogens is 813 g/mol. The number of nitrogens with one attached hydrogen (secondary N) is 3. The second-order valence-electron chi connectivity index (χ2n) is 19.3. The second-order valence-corrected chi connectivity index (χ2v) is 19.3. The Bertz CT molecular complexity index is 1770. The first kappa shape index (κ1) is 52.0. The van der Waals surface area contributed by atoms with Gasteiger partial charge in [-0.25, -0.2) is 4.79 Å². The van der Waals surface area contributed by atoms with Crippen molar-refractivity contribution in [2.45, 2.75) is 142 Å². The van der Waals surface area contributed by atoms with E-state index in [1.165, 1.54) is 0 Å². The summed E-state index contributed by atoms with van der Waals surface area (Å²) in [5, 5.41) is 8.80. The highest BCUT2D eigenvalue weighted by Gasteiger charge is 2.46. The summed E-state index contributed by atoms with van der Waals surface area (Å²) < 4.78 is 16.2. The van der Waals surface area contributed by atoms with E-state index in [1.54, 1.807) is 27.9 Å². The number of benzene rings is 2. The number of carbonyl (C=O) groups excluding carboxylic acids is 6. The van der Waals surface area contributed by atoms with Gasteiger partial charge in [-0.05, 0) is 89.2 Å². The number of ether oxygens (including phenoxy) is 3. The van der Waals surface area contributed by atoms with E-state index in [4.69, 9.17) is 14.2 Å². The van der Waals surface area contributed by atoms with Crippen molar-refractivity contribution in [2.75, 3.05) is 46.6 Å². The molecule has 0 bridgehead atoms. The van der Waals surface area contributed by atoms with Crippen molar-refractivity contribution in [1.82, 2.24) is 20.9 Å². The smallest absolute Gasteiger partial charge is 0.408 e. The average Bonchev–Trinajstić information content (AvgIpc) is 3.60. The topological polar surface area (TPSA) is 169 Å². The number of unbranched alkanes of at least 4 members (excludes halogenated alkanes) is 4. The minimum Gasteiger partial charge on any atom is -0.444 e. The lowest BCUT2D eigenvalue weighted by molar-refractivity contribution is -0.143. The first-order valence-electron chi connectivity index (χ1n) is 23.7. The maximum Gasteiger partial charge on any atom is 0.408 e. The fourth-order valence-electron chi connectivity index (χ4n) is 8.79. The number of nitrogens with zero attached hydrogens (tertiary/aromatic N) is 1. The molecule has 2 aromatic carbocycles. The summed E-state index contributed by atoms with van der Waals surface area (Å²) in [7, 11) is 1.65. The van der Waals surface area contributed by atoms with Crippen LogP contribution in [-0.4, -0.2) is 105 Å². The largest absolute Gasteiger partial charge is 0.444 e. The molecule has 0 saturated carbocycles. The van der Waals surface area contributed by atoms with Gasteiger partial charge in [0.05, 0.1) is 30.7 Å². The third-order valence-corrected chi connectivity index (χ3v) is 12.4. The summed E-state index contributed by atoms with van der Waals surface area (Å²) in [6, 6.07) is 16.9. The monoisotopic (exact) mass is 889 g/mol. The Labute approximate surface area is 381 Å². The highest BCUT2D eigenvalue weighted by Crippen LogP contribution is 2.38. The number of hydrogen-bond acceptors (Lipinski definition) is 9. The maximum absolute atomic E-state index is 14.5. The van der Waals surface area contributed by atoms with Crippen LogP contribution in [0, 0.1) is 23.2 Å². The lowest BCUT2D eigenvalue weighted by Gasteiger charge is -2.38. The predicted molar refractivity (Wildman–Crippen MR) is 247 cm³/mol. The number of amides is 4. The SMILES string of the molecule is COCCOCCCCCCC[C@@H](CC(=O)[C@@H](CC(C)C)NC(=O)[C@H](CC(=O)[C@@H](Cc1ccccc1)NC(=O)OC(C)(C)C)Cc1ccccc1)C(=O)N1CCC2(CCNC2=O)CC1. The summed E-state index contributed by atoms with van der Waals surface area (Å²) in [6.45, 7) is 12.6. The number of Topliss-reactive ketones (excluding diaryl/α,β-unsaturated/α-hetero) is 2. The molecule has 64 heavy (non-hydrogen) atoms. The lowest BCUT2D eigenvalue weighted by Crippen LogP contribution is -2.50. The third-order valence-electron chi connectivity index (χ3n) is 12.4. The van der Waals surface area contributed by atoms with Crippen LogP contribution in [0.1, 0.15) is 123 Å². The summed E-state index contributed by atoms with van der Waals surface area (Å²) in [5.74, 6) is -2.36. The number of methoxy groups -OCH3 is 1. The molecule has 2 aliphatic heterocycles. The minimum atomic E-state index is -0.967. The van der Waals surface area contributed by atoms with Crippen LogP contribution >= 0.6 is 0 Å². The fourth-order valence-corrected chi connectivity index (χ4v) is 8.79. The van der Waals surface area contributed by atoms with Gasteiger partial charge in [0.1, 0.15) is 5.60 Å². The number of carbonyl (C=O) groups is 6. The van der Waals surface area contributed by atoms with Crippen molar-refractivity contribution < 1.29 is 43.0 Å². The molecule has 0 aromatic heterocycles. The van der Waals surface area contributed by atoms with E-state index in [-0.39, 0.29) is 55.0 Å². The van der Waals surface area contributed by atoms with Gasteiger partial charge in [0, 0.05) is 58.0 Å². The van der Waals surface area contributed by atoms with E-state index in [1.807, 2.05) is 79.4 Å². The zero-order valence-electron chi connectivity index (χ0n) is 39.4. The van der Waals surface area contributed by atoms with E-state index < -0.39 is 46.9 Å². The van der Waals surface area contributed by atoms with Gasteiger partial charge in [-0.2, -0.15) is 0 Å². The third kappa shape index (κ3) is 17.7. The first-order chi connectivity index (χ1) is 30.6.